The number of hydrogen-bond donors (Lipinski definition) is 2. The normalized spacial score (nSPS) is 15.7. The quantitative estimate of drug-likeness (QED) is 0.316. The van der Waals surface area contributed by atoms with Crippen LogP contribution in [0.4, 0.5) is 11.8 Å². The van der Waals surface area contributed by atoms with Crippen LogP contribution in [-0.4, -0.2) is 52.8 Å². The summed E-state index contributed by atoms with van der Waals surface area (Å²) in [5.41, 5.74) is 0.0184. The molecule has 1 fully saturated rings. The lowest BCUT2D eigenvalue weighted by molar-refractivity contribution is -0.146. The number of carboxylic acid groups (broad SMARTS) is 1. The second-order valence-electron chi connectivity index (χ2n) is 11.6. The van der Waals surface area contributed by atoms with Crippen molar-refractivity contribution < 1.29 is 24.2 Å². The predicted molar refractivity (Wildman–Crippen MR) is 159 cm³/mol. The molecule has 2 aromatic carbocycles. The van der Waals surface area contributed by atoms with Gasteiger partial charge in [0.15, 0.2) is 11.5 Å². The number of para-hydroxylation sites is 2. The van der Waals surface area contributed by atoms with Gasteiger partial charge in [-0.1, -0.05) is 36.4 Å². The highest BCUT2D eigenvalue weighted by Crippen LogP contribution is 2.31. The van der Waals surface area contributed by atoms with Gasteiger partial charge in [-0.2, -0.15) is 4.98 Å². The molecule has 9 nitrogen and oxygen atoms in total. The van der Waals surface area contributed by atoms with E-state index < -0.39 is 16.8 Å². The van der Waals surface area contributed by atoms with Crippen molar-refractivity contribution in [3.05, 3.63) is 71.9 Å². The third kappa shape index (κ3) is 7.34. The predicted octanol–water partition coefficient (Wildman–Crippen LogP) is 5.49. The minimum absolute atomic E-state index is 0.0461. The van der Waals surface area contributed by atoms with Crippen molar-refractivity contribution >= 4 is 23.6 Å². The summed E-state index contributed by atoms with van der Waals surface area (Å²) < 4.78 is 12.0. The van der Waals surface area contributed by atoms with Crippen LogP contribution >= 0.6 is 0 Å². The Bertz CT molecular complexity index is 1360. The molecule has 0 unspecified atom stereocenters. The van der Waals surface area contributed by atoms with Crippen LogP contribution in [0.3, 0.4) is 0 Å². The number of nitrogens with one attached hydrogen (secondary N) is 1. The first kappa shape index (κ1) is 29.8. The van der Waals surface area contributed by atoms with E-state index in [2.05, 4.69) is 20.2 Å². The highest BCUT2D eigenvalue weighted by Gasteiger charge is 2.32. The van der Waals surface area contributed by atoms with E-state index in [0.717, 1.165) is 42.0 Å². The number of carbonyl (C=O) groups excluding carboxylic acids is 1. The van der Waals surface area contributed by atoms with Crippen LogP contribution in [0.15, 0.2) is 60.8 Å². The van der Waals surface area contributed by atoms with Crippen molar-refractivity contribution in [3.63, 3.8) is 0 Å². The Labute approximate surface area is 241 Å². The van der Waals surface area contributed by atoms with E-state index in [0.29, 0.717) is 31.3 Å². The number of ether oxygens (including phenoxy) is 2. The summed E-state index contributed by atoms with van der Waals surface area (Å²) >= 11 is 0. The third-order valence-electron chi connectivity index (χ3n) is 7.46. The molecule has 218 valence electrons. The molecule has 1 aliphatic rings. The number of hydrogen-bond acceptors (Lipinski definition) is 7. The standard InChI is InChI=1S/C32H40N4O5/c1-6-40-25-11-7-8-12-26(25)41-24-10-9-19-36(21-24)30-33-18-17-27(35-30)34-28(37)32(4,5)23-15-13-22(14-16-23)20-31(2,3)29(38)39/h7-8,11-18,24H,6,9-10,19-21H2,1-5H3,(H,38,39)(H,33,34,35,37)/t24-/m1/s1. The first-order chi connectivity index (χ1) is 19.5. The molecule has 0 saturated carbocycles. The van der Waals surface area contributed by atoms with Gasteiger partial charge in [0, 0.05) is 12.7 Å². The maximum absolute atomic E-state index is 13.4. The number of amides is 1. The fourth-order valence-corrected chi connectivity index (χ4v) is 4.82. The Morgan fingerprint density at radius 1 is 1.05 bits per heavy atom. The number of benzene rings is 2. The van der Waals surface area contributed by atoms with Crippen molar-refractivity contribution in [2.45, 2.75) is 65.4 Å². The number of carboxylic acids is 1. The summed E-state index contributed by atoms with van der Waals surface area (Å²) in [5, 5.41) is 12.4. The number of nitrogens with zero attached hydrogens (tertiary/aromatic N) is 3. The van der Waals surface area contributed by atoms with E-state index >= 15 is 0 Å². The summed E-state index contributed by atoms with van der Waals surface area (Å²) in [6, 6.07) is 16.9. The van der Waals surface area contributed by atoms with Crippen molar-refractivity contribution in [1.82, 2.24) is 9.97 Å². The number of aromatic nitrogens is 2. The molecule has 1 amide bonds. The maximum Gasteiger partial charge on any atom is 0.309 e. The molecule has 9 heteroatoms. The SMILES string of the molecule is CCOc1ccccc1O[C@@H]1CCCN(c2nccc(NC(=O)C(C)(C)c3ccc(CC(C)(C)C(=O)O)cc3)n2)C1. The van der Waals surface area contributed by atoms with E-state index in [1.54, 1.807) is 26.1 Å². The summed E-state index contributed by atoms with van der Waals surface area (Å²) in [6.45, 7) is 11.0. The van der Waals surface area contributed by atoms with Gasteiger partial charge in [0.25, 0.3) is 0 Å². The Morgan fingerprint density at radius 2 is 1.76 bits per heavy atom. The van der Waals surface area contributed by atoms with Crippen LogP contribution in [-0.2, 0) is 21.4 Å². The zero-order chi connectivity index (χ0) is 29.6. The Hall–Kier alpha value is -4.14. The third-order valence-corrected chi connectivity index (χ3v) is 7.46. The van der Waals surface area contributed by atoms with Crippen molar-refractivity contribution in [1.29, 1.82) is 0 Å². The fraction of sp³-hybridized carbons (Fsp3) is 0.438. The van der Waals surface area contributed by atoms with Crippen LogP contribution in [0.5, 0.6) is 11.5 Å². The van der Waals surface area contributed by atoms with Gasteiger partial charge in [-0.15, -0.1) is 0 Å². The molecule has 3 aromatic rings. The fourth-order valence-electron chi connectivity index (χ4n) is 4.82. The Balaban J connectivity index is 1.41. The highest BCUT2D eigenvalue weighted by molar-refractivity contribution is 5.98. The molecule has 2 N–H and O–H groups in total. The van der Waals surface area contributed by atoms with E-state index in [-0.39, 0.29) is 12.0 Å². The van der Waals surface area contributed by atoms with Crippen LogP contribution in [0.2, 0.25) is 0 Å². The molecule has 0 aliphatic carbocycles. The van der Waals surface area contributed by atoms with Crippen molar-refractivity contribution in [2.24, 2.45) is 5.41 Å². The summed E-state index contributed by atoms with van der Waals surface area (Å²) in [5.74, 6) is 1.38. The van der Waals surface area contributed by atoms with Crippen LogP contribution in [0.25, 0.3) is 0 Å². The largest absolute Gasteiger partial charge is 0.490 e. The second-order valence-corrected chi connectivity index (χ2v) is 11.6. The van der Waals surface area contributed by atoms with Gasteiger partial charge in [0.2, 0.25) is 11.9 Å². The number of aliphatic carboxylic acids is 1. The molecule has 2 heterocycles. The van der Waals surface area contributed by atoms with Gasteiger partial charge in [0.05, 0.1) is 24.0 Å². The molecule has 0 bridgehead atoms. The zero-order valence-corrected chi connectivity index (χ0v) is 24.5. The van der Waals surface area contributed by atoms with Gasteiger partial charge in [0.1, 0.15) is 11.9 Å². The van der Waals surface area contributed by atoms with Crippen molar-refractivity contribution in [2.75, 3.05) is 29.9 Å². The molecule has 0 spiro atoms. The topological polar surface area (TPSA) is 114 Å². The lowest BCUT2D eigenvalue weighted by Gasteiger charge is -2.33. The minimum atomic E-state index is -0.867. The molecule has 4 rings (SSSR count). The van der Waals surface area contributed by atoms with Gasteiger partial charge < -0.3 is 24.8 Å². The first-order valence-electron chi connectivity index (χ1n) is 14.1. The first-order valence-corrected chi connectivity index (χ1v) is 14.1. The molecule has 1 aromatic heterocycles. The lowest BCUT2D eigenvalue weighted by atomic mass is 9.81. The van der Waals surface area contributed by atoms with Gasteiger partial charge in [-0.25, -0.2) is 4.98 Å². The van der Waals surface area contributed by atoms with Crippen LogP contribution in [0.1, 0.15) is 58.6 Å². The number of rotatable bonds is 11. The molecule has 41 heavy (non-hydrogen) atoms. The Morgan fingerprint density at radius 3 is 2.44 bits per heavy atom. The molecular weight excluding hydrogens is 520 g/mol. The smallest absolute Gasteiger partial charge is 0.309 e. The average molecular weight is 561 g/mol. The second kappa shape index (κ2) is 12.6. The van der Waals surface area contributed by atoms with Crippen LogP contribution in [0, 0.1) is 5.41 Å². The van der Waals surface area contributed by atoms with Gasteiger partial charge in [-0.05, 0) is 83.2 Å². The van der Waals surface area contributed by atoms with Gasteiger partial charge in [-0.3, -0.25) is 9.59 Å². The lowest BCUT2D eigenvalue weighted by Crippen LogP contribution is -2.42. The molecular formula is C32H40N4O5. The highest BCUT2D eigenvalue weighted by atomic mass is 16.5. The monoisotopic (exact) mass is 560 g/mol. The molecule has 1 atom stereocenters. The average Bonchev–Trinajstić information content (AvgIpc) is 2.94. The number of carbonyl (C=O) groups is 2. The maximum atomic E-state index is 13.4. The van der Waals surface area contributed by atoms with E-state index in [9.17, 15) is 14.7 Å². The molecule has 0 radical (unpaired) electrons. The van der Waals surface area contributed by atoms with Crippen molar-refractivity contribution in [3.8, 4) is 11.5 Å². The van der Waals surface area contributed by atoms with E-state index in [4.69, 9.17) is 9.47 Å². The molecule has 1 aliphatic heterocycles. The summed E-state index contributed by atoms with van der Waals surface area (Å²) in [4.78, 5) is 36.1. The summed E-state index contributed by atoms with van der Waals surface area (Å²) in [6.07, 6.45) is 3.84. The van der Waals surface area contributed by atoms with Crippen LogP contribution < -0.4 is 19.7 Å². The summed E-state index contributed by atoms with van der Waals surface area (Å²) in [7, 11) is 0. The Kier molecular flexibility index (Phi) is 9.15. The molecule has 1 saturated heterocycles. The minimum Gasteiger partial charge on any atom is -0.490 e. The number of anilines is 2. The van der Waals surface area contributed by atoms with E-state index in [1.165, 1.54) is 0 Å². The number of piperidine rings is 1. The van der Waals surface area contributed by atoms with Gasteiger partial charge >= 0.3 is 5.97 Å². The van der Waals surface area contributed by atoms with E-state index in [1.807, 2.05) is 69.3 Å². The zero-order valence-electron chi connectivity index (χ0n) is 24.5.